The van der Waals surface area contributed by atoms with Gasteiger partial charge in [-0.05, 0) is 166 Å². The van der Waals surface area contributed by atoms with Gasteiger partial charge in [0.2, 0.25) is 15.6 Å². The van der Waals surface area contributed by atoms with E-state index < -0.39 is 109 Å². The van der Waals surface area contributed by atoms with Gasteiger partial charge in [0, 0.05) is 6.42 Å². The molecule has 8 rings (SSSR count). The van der Waals surface area contributed by atoms with Crippen LogP contribution in [-0.2, 0) is 60.2 Å². The lowest BCUT2D eigenvalue weighted by molar-refractivity contribution is -0.245. The van der Waals surface area contributed by atoms with Gasteiger partial charge in [-0.1, -0.05) is 58.7 Å². The molecule has 2 aromatic carbocycles. The number of carbonyl (C=O) groups is 3. The molecule has 0 saturated heterocycles. The Morgan fingerprint density at radius 1 is 0.603 bits per heavy atom. The number of Topliss-reactive ketones (excluding diaryl/α,β-unsaturated/α-hetero) is 1. The third kappa shape index (κ3) is 14.8. The Bertz CT molecular complexity index is 2860. The third-order valence-corrected chi connectivity index (χ3v) is 19.6. The fourth-order valence-electron chi connectivity index (χ4n) is 11.7. The fraction of sp³-hybridized carbons (Fsp3) is 0.700. The molecule has 0 spiro atoms. The predicted octanol–water partition coefficient (Wildman–Crippen LogP) is 11.5. The van der Waals surface area contributed by atoms with Crippen molar-refractivity contribution in [3.05, 3.63) is 64.2 Å². The van der Waals surface area contributed by atoms with E-state index in [0.29, 0.717) is 24.2 Å². The van der Waals surface area contributed by atoms with Crippen LogP contribution in [0.1, 0.15) is 193 Å². The molecule has 0 unspecified atom stereocenters. The van der Waals surface area contributed by atoms with Crippen LogP contribution in [0.15, 0.2) is 41.3 Å². The van der Waals surface area contributed by atoms with Gasteiger partial charge in [0.1, 0.15) is 12.2 Å². The summed E-state index contributed by atoms with van der Waals surface area (Å²) in [6.07, 6.45) is 15.1. The van der Waals surface area contributed by atoms with Crippen LogP contribution in [0.25, 0.3) is 0 Å². The van der Waals surface area contributed by atoms with E-state index in [2.05, 4.69) is 0 Å². The average Bonchev–Trinajstić information content (AvgIpc) is 3.41. The summed E-state index contributed by atoms with van der Waals surface area (Å²) in [5.41, 5.74) is -0.0451. The van der Waals surface area contributed by atoms with Gasteiger partial charge >= 0.3 is 53.9 Å². The van der Waals surface area contributed by atoms with E-state index in [-0.39, 0.29) is 45.4 Å². The molecule has 78 heavy (non-hydrogen) atoms. The average molecular weight is 1200 g/mol. The molecule has 6 aliphatic rings. The van der Waals surface area contributed by atoms with Crippen molar-refractivity contribution in [3.8, 4) is 0 Å². The number of benzene rings is 2. The normalized spacial score (nSPS) is 22.8. The minimum atomic E-state index is -7.05. The molecule has 3 N–H and O–H groups in total. The first-order valence-corrected chi connectivity index (χ1v) is 31.5. The van der Waals surface area contributed by atoms with Gasteiger partial charge in [0.25, 0.3) is 10.1 Å². The molecular weight excluding hydrogens is 1140 g/mol. The van der Waals surface area contributed by atoms with E-state index in [0.717, 1.165) is 95.6 Å². The summed E-state index contributed by atoms with van der Waals surface area (Å²) in [7, 11) is -23.7. The fourth-order valence-corrected chi connectivity index (χ4v) is 14.6. The number of esters is 2. The minimum Gasteiger partial charge on any atom is -0.459 e. The second kappa shape index (κ2) is 24.3. The third-order valence-electron chi connectivity index (χ3n) is 15.3. The van der Waals surface area contributed by atoms with Crippen molar-refractivity contribution in [2.24, 2.45) is 23.2 Å². The molecule has 2 aromatic rings. The lowest BCUT2D eigenvalue weighted by atomic mass is 9.48. The number of ether oxygens (including phenoxy) is 2. The quantitative estimate of drug-likeness (QED) is 0.0711. The van der Waals surface area contributed by atoms with Crippen LogP contribution < -0.4 is 0 Å². The summed E-state index contributed by atoms with van der Waals surface area (Å²) in [5, 5.41) is -17.9. The SMILES string of the molecule is CC(C)c1cccc(C(C)C)c1CS(=O)(=O)C(F)(F)C(F)(F)C(F)(F)S(=O)(=O)O.O=C(CCC12CC3CC(CC(C3)C1)C2)C(F)(F)S(=O)(=O)O.O=C(OC1CCCCC1)c1cc(C(=O)OC2CCCCC2)cc(S(=O)(=O)O)c1. The molecule has 442 valence electrons. The number of sulfone groups is 1. The maximum Gasteiger partial charge on any atom is 0.439 e. The number of ketones is 1. The first-order valence-electron chi connectivity index (χ1n) is 25.5. The van der Waals surface area contributed by atoms with Crippen LogP contribution >= 0.6 is 0 Å². The molecule has 0 heterocycles. The molecule has 0 radical (unpaired) electrons. The zero-order valence-electron chi connectivity index (χ0n) is 43.2. The predicted molar refractivity (Wildman–Crippen MR) is 266 cm³/mol. The lowest BCUT2D eigenvalue weighted by Crippen LogP contribution is -2.60. The van der Waals surface area contributed by atoms with Crippen molar-refractivity contribution >= 4 is 57.9 Å². The van der Waals surface area contributed by atoms with E-state index >= 15 is 0 Å². The van der Waals surface area contributed by atoms with Crippen molar-refractivity contribution in [2.75, 3.05) is 0 Å². The van der Waals surface area contributed by atoms with E-state index in [4.69, 9.17) is 18.6 Å². The van der Waals surface area contributed by atoms with Gasteiger partial charge in [-0.2, -0.15) is 60.4 Å². The summed E-state index contributed by atoms with van der Waals surface area (Å²) in [6, 6.07) is 7.58. The highest BCUT2D eigenvalue weighted by Gasteiger charge is 2.81. The van der Waals surface area contributed by atoms with Gasteiger partial charge in [0.05, 0.1) is 21.8 Å². The first-order chi connectivity index (χ1) is 35.7. The highest BCUT2D eigenvalue weighted by Crippen LogP contribution is 2.62. The maximum atomic E-state index is 14.2. The molecule has 6 fully saturated rings. The van der Waals surface area contributed by atoms with E-state index in [1.54, 1.807) is 27.7 Å². The van der Waals surface area contributed by atoms with Gasteiger partial charge in [0.15, 0.2) is 0 Å². The molecule has 6 aliphatic carbocycles. The number of halogens is 8. The van der Waals surface area contributed by atoms with Gasteiger partial charge in [-0.25, -0.2) is 18.0 Å². The standard InChI is InChI=1S/C20H26O7S.C16H20F6O5S2.C14H20F2O4S/c21-19(26-16-7-3-1-4-8-16)14-11-15(13-18(12-14)28(23,24)25)20(22)27-17-9-5-2-6-10-17;1-9(2)11-6-5-7-12(10(3)4)13(11)8-28(23,24)15(19,20)14(17,18)16(21,22)29(25,26)27;15-14(16,21(18,19)20)12(17)1-2-13-6-9-3-10(7-13)5-11(4-9)8-13/h11-13,16-17H,1-10H2,(H,23,24,25);5-7,9-10H,8H2,1-4H3,(H,25,26,27);9-11H,1-8H2,(H,18,19,20). The highest BCUT2D eigenvalue weighted by molar-refractivity contribution is 7.92. The van der Waals surface area contributed by atoms with Crippen LogP contribution in [0.2, 0.25) is 0 Å². The molecule has 0 aromatic heterocycles. The summed E-state index contributed by atoms with van der Waals surface area (Å²) >= 11 is 0. The van der Waals surface area contributed by atoms with Crippen molar-refractivity contribution < 1.29 is 106 Å². The number of rotatable bonds is 18. The Hall–Kier alpha value is -3.83. The topological polar surface area (TPSA) is 267 Å². The van der Waals surface area contributed by atoms with E-state index in [1.165, 1.54) is 43.5 Å². The molecule has 4 bridgehead atoms. The Kier molecular flexibility index (Phi) is 20.3. The van der Waals surface area contributed by atoms with Gasteiger partial charge in [-0.15, -0.1) is 0 Å². The number of hydrogen-bond donors (Lipinski definition) is 3. The monoisotopic (exact) mass is 1200 g/mol. The van der Waals surface area contributed by atoms with Crippen LogP contribution in [0, 0.1) is 23.2 Å². The zero-order valence-corrected chi connectivity index (χ0v) is 46.5. The van der Waals surface area contributed by atoms with Crippen LogP contribution in [-0.4, -0.2) is 98.9 Å². The summed E-state index contributed by atoms with van der Waals surface area (Å²) in [4.78, 5) is 36.0. The van der Waals surface area contributed by atoms with Gasteiger partial charge in [-0.3, -0.25) is 18.5 Å². The second-order valence-electron chi connectivity index (χ2n) is 22.0. The zero-order chi connectivity index (χ0) is 58.8. The molecule has 0 aliphatic heterocycles. The van der Waals surface area contributed by atoms with Crippen molar-refractivity contribution in [2.45, 2.75) is 200 Å². The first kappa shape index (κ1) is 65.0. The lowest BCUT2D eigenvalue weighted by Gasteiger charge is -2.57. The van der Waals surface area contributed by atoms with Crippen molar-refractivity contribution in [1.29, 1.82) is 0 Å². The molecule has 0 amide bonds. The minimum absolute atomic E-state index is 0.0558. The van der Waals surface area contributed by atoms with Crippen molar-refractivity contribution in [3.63, 3.8) is 0 Å². The summed E-state index contributed by atoms with van der Waals surface area (Å²) in [6.45, 7) is 6.31. The molecular formula is C50H66F8O16S4. The van der Waals surface area contributed by atoms with Crippen LogP contribution in [0.3, 0.4) is 0 Å². The summed E-state index contributed by atoms with van der Waals surface area (Å²) < 4.78 is 236. The van der Waals surface area contributed by atoms with Crippen molar-refractivity contribution in [1.82, 2.24) is 0 Å². The second-order valence-corrected chi connectivity index (χ2v) is 28.3. The maximum absolute atomic E-state index is 14.2. The molecule has 0 atom stereocenters. The number of carbonyl (C=O) groups excluding carboxylic acids is 3. The Morgan fingerprint density at radius 3 is 1.35 bits per heavy atom. The Morgan fingerprint density at radius 2 is 1.00 bits per heavy atom. The van der Waals surface area contributed by atoms with E-state index in [9.17, 15) is 87.7 Å². The Labute approximate surface area is 449 Å². The highest BCUT2D eigenvalue weighted by atomic mass is 32.2. The largest absolute Gasteiger partial charge is 0.459 e. The van der Waals surface area contributed by atoms with Crippen LogP contribution in [0.5, 0.6) is 0 Å². The summed E-state index contributed by atoms with van der Waals surface area (Å²) in [5.74, 6) is -10.7. The smallest absolute Gasteiger partial charge is 0.439 e. The van der Waals surface area contributed by atoms with E-state index in [1.807, 2.05) is 0 Å². The number of hydrogen-bond acceptors (Lipinski definition) is 13. The number of alkyl halides is 8. The molecule has 16 nitrogen and oxygen atoms in total. The Balaban J connectivity index is 0.000000218. The van der Waals surface area contributed by atoms with Gasteiger partial charge < -0.3 is 9.47 Å². The van der Waals surface area contributed by atoms with Crippen LogP contribution in [0.4, 0.5) is 35.1 Å². The molecule has 28 heteroatoms. The molecule has 6 saturated carbocycles.